The second-order valence-electron chi connectivity index (χ2n) is 3.97. The van der Waals surface area contributed by atoms with Crippen molar-refractivity contribution >= 4 is 34.0 Å². The highest BCUT2D eigenvalue weighted by Crippen LogP contribution is 2.33. The third-order valence-corrected chi connectivity index (χ3v) is 4.07. The SMILES string of the molecule is Cc1cc(-n2ccnc2)cc2c1NC(=S)SC2. The van der Waals surface area contributed by atoms with Crippen LogP contribution in [-0.2, 0) is 5.75 Å². The van der Waals surface area contributed by atoms with E-state index in [2.05, 4.69) is 29.4 Å². The Balaban J connectivity index is 2.11. The van der Waals surface area contributed by atoms with Crippen LogP contribution in [0.1, 0.15) is 11.1 Å². The van der Waals surface area contributed by atoms with Crippen LogP contribution < -0.4 is 5.32 Å². The van der Waals surface area contributed by atoms with Gasteiger partial charge in [0.05, 0.1) is 6.33 Å². The van der Waals surface area contributed by atoms with Crippen LogP contribution in [0.4, 0.5) is 5.69 Å². The number of thioether (sulfide) groups is 1. The lowest BCUT2D eigenvalue weighted by molar-refractivity contribution is 1.05. The Morgan fingerprint density at radius 3 is 3.12 bits per heavy atom. The van der Waals surface area contributed by atoms with Gasteiger partial charge in [-0.05, 0) is 30.2 Å². The van der Waals surface area contributed by atoms with Gasteiger partial charge in [-0.3, -0.25) is 0 Å². The molecule has 1 aliphatic heterocycles. The summed E-state index contributed by atoms with van der Waals surface area (Å²) in [6.07, 6.45) is 5.56. The number of imidazole rings is 1. The molecule has 17 heavy (non-hydrogen) atoms. The zero-order valence-electron chi connectivity index (χ0n) is 9.30. The maximum absolute atomic E-state index is 5.19. The molecule has 2 heterocycles. The van der Waals surface area contributed by atoms with Gasteiger partial charge in [0.15, 0.2) is 0 Å². The number of fused-ring (bicyclic) bond motifs is 1. The molecule has 0 atom stereocenters. The van der Waals surface area contributed by atoms with Crippen molar-refractivity contribution in [3.63, 3.8) is 0 Å². The number of hydrogen-bond acceptors (Lipinski definition) is 3. The number of hydrogen-bond donors (Lipinski definition) is 1. The van der Waals surface area contributed by atoms with Gasteiger partial charge in [-0.1, -0.05) is 24.0 Å². The Kier molecular flexibility index (Phi) is 2.64. The van der Waals surface area contributed by atoms with E-state index in [0.29, 0.717) is 0 Å². The van der Waals surface area contributed by atoms with E-state index < -0.39 is 0 Å². The molecule has 0 amide bonds. The number of rotatable bonds is 1. The van der Waals surface area contributed by atoms with Crippen LogP contribution in [0.3, 0.4) is 0 Å². The zero-order chi connectivity index (χ0) is 11.8. The van der Waals surface area contributed by atoms with Gasteiger partial charge in [0.2, 0.25) is 0 Å². The molecule has 3 rings (SSSR count). The fraction of sp³-hybridized carbons (Fsp3) is 0.167. The van der Waals surface area contributed by atoms with Gasteiger partial charge in [0.25, 0.3) is 0 Å². The molecule has 0 aliphatic carbocycles. The molecule has 0 radical (unpaired) electrons. The standard InChI is InChI=1S/C12H11N3S2/c1-8-4-10(15-3-2-13-7-15)5-9-6-17-12(16)14-11(8)9/h2-5,7H,6H2,1H3,(H,14,16). The van der Waals surface area contributed by atoms with Gasteiger partial charge in [-0.25, -0.2) is 4.98 Å². The lowest BCUT2D eigenvalue weighted by Crippen LogP contribution is -2.14. The molecule has 0 spiro atoms. The first-order chi connectivity index (χ1) is 8.24. The molecule has 0 saturated heterocycles. The van der Waals surface area contributed by atoms with Gasteiger partial charge in [-0.15, -0.1) is 0 Å². The molecule has 0 unspecified atom stereocenters. The van der Waals surface area contributed by atoms with E-state index >= 15 is 0 Å². The van der Waals surface area contributed by atoms with E-state index in [0.717, 1.165) is 21.4 Å². The zero-order valence-corrected chi connectivity index (χ0v) is 10.9. The summed E-state index contributed by atoms with van der Waals surface area (Å²) in [6.45, 7) is 2.10. The quantitative estimate of drug-likeness (QED) is 0.799. The van der Waals surface area contributed by atoms with E-state index in [-0.39, 0.29) is 0 Å². The predicted molar refractivity (Wildman–Crippen MR) is 75.8 cm³/mol. The van der Waals surface area contributed by atoms with Gasteiger partial charge >= 0.3 is 0 Å². The van der Waals surface area contributed by atoms with Crippen LogP contribution in [0.15, 0.2) is 30.9 Å². The Morgan fingerprint density at radius 1 is 1.47 bits per heavy atom. The Labute approximate surface area is 109 Å². The van der Waals surface area contributed by atoms with E-state index in [9.17, 15) is 0 Å². The van der Waals surface area contributed by atoms with Crippen molar-refractivity contribution in [2.24, 2.45) is 0 Å². The van der Waals surface area contributed by atoms with Crippen molar-refractivity contribution in [3.8, 4) is 5.69 Å². The number of anilines is 1. The van der Waals surface area contributed by atoms with E-state index in [1.54, 1.807) is 18.0 Å². The second-order valence-corrected chi connectivity index (χ2v) is 5.62. The molecule has 1 aliphatic rings. The third-order valence-electron chi connectivity index (χ3n) is 2.79. The van der Waals surface area contributed by atoms with Crippen LogP contribution in [0.2, 0.25) is 0 Å². The fourth-order valence-corrected chi connectivity index (χ4v) is 2.94. The van der Waals surface area contributed by atoms with Crippen LogP contribution in [-0.4, -0.2) is 13.9 Å². The van der Waals surface area contributed by atoms with Gasteiger partial charge in [-0.2, -0.15) is 0 Å². The largest absolute Gasteiger partial charge is 0.341 e. The second kappa shape index (κ2) is 4.16. The number of nitrogens with one attached hydrogen (secondary N) is 1. The van der Waals surface area contributed by atoms with Gasteiger partial charge < -0.3 is 9.88 Å². The monoisotopic (exact) mass is 261 g/mol. The summed E-state index contributed by atoms with van der Waals surface area (Å²) in [4.78, 5) is 4.07. The molecular weight excluding hydrogens is 250 g/mol. The highest BCUT2D eigenvalue weighted by Gasteiger charge is 2.16. The molecule has 86 valence electrons. The number of nitrogens with zero attached hydrogens (tertiary/aromatic N) is 2. The smallest absolute Gasteiger partial charge is 0.138 e. The molecule has 5 heteroatoms. The summed E-state index contributed by atoms with van der Waals surface area (Å²) in [5.74, 6) is 0.935. The summed E-state index contributed by atoms with van der Waals surface area (Å²) in [6, 6.07) is 4.33. The number of aromatic nitrogens is 2. The third kappa shape index (κ3) is 1.96. The summed E-state index contributed by atoms with van der Waals surface area (Å²) in [7, 11) is 0. The average molecular weight is 261 g/mol. The number of thiocarbonyl (C=S) groups is 1. The molecule has 0 saturated carbocycles. The number of benzene rings is 1. The summed E-state index contributed by atoms with van der Waals surface area (Å²) < 4.78 is 2.88. The first kappa shape index (κ1) is 10.8. The predicted octanol–water partition coefficient (Wildman–Crippen LogP) is 3.12. The molecular formula is C12H11N3S2. The van der Waals surface area contributed by atoms with Crippen LogP contribution >= 0.6 is 24.0 Å². The summed E-state index contributed by atoms with van der Waals surface area (Å²) in [5.41, 5.74) is 4.83. The highest BCUT2D eigenvalue weighted by molar-refractivity contribution is 8.22. The maximum atomic E-state index is 5.19. The minimum absolute atomic E-state index is 0.857. The van der Waals surface area contributed by atoms with Gasteiger partial charge in [0, 0.05) is 29.5 Å². The van der Waals surface area contributed by atoms with E-state index in [1.807, 2.05) is 17.1 Å². The van der Waals surface area contributed by atoms with Crippen LogP contribution in [0.25, 0.3) is 5.69 Å². The molecule has 1 N–H and O–H groups in total. The highest BCUT2D eigenvalue weighted by atomic mass is 32.2. The van der Waals surface area contributed by atoms with Crippen molar-refractivity contribution in [2.75, 3.05) is 5.32 Å². The summed E-state index contributed by atoms with van der Waals surface area (Å²) >= 11 is 6.86. The summed E-state index contributed by atoms with van der Waals surface area (Å²) in [5, 5.41) is 3.27. The van der Waals surface area contributed by atoms with Crippen LogP contribution in [0, 0.1) is 6.92 Å². The lowest BCUT2D eigenvalue weighted by atomic mass is 10.1. The number of aryl methyl sites for hydroxylation is 1. The van der Waals surface area contributed by atoms with E-state index in [1.165, 1.54) is 11.1 Å². The van der Waals surface area contributed by atoms with Crippen molar-refractivity contribution in [1.82, 2.24) is 9.55 Å². The first-order valence-corrected chi connectivity index (χ1v) is 6.69. The fourth-order valence-electron chi connectivity index (χ4n) is 1.97. The molecule has 2 aromatic rings. The first-order valence-electron chi connectivity index (χ1n) is 5.29. The minimum atomic E-state index is 0.857. The molecule has 1 aromatic heterocycles. The van der Waals surface area contributed by atoms with Crippen LogP contribution in [0.5, 0.6) is 0 Å². The van der Waals surface area contributed by atoms with Crippen molar-refractivity contribution in [3.05, 3.63) is 42.0 Å². The molecule has 0 bridgehead atoms. The lowest BCUT2D eigenvalue weighted by Gasteiger charge is -2.21. The maximum Gasteiger partial charge on any atom is 0.138 e. The molecule has 3 nitrogen and oxygen atoms in total. The van der Waals surface area contributed by atoms with Crippen molar-refractivity contribution in [1.29, 1.82) is 0 Å². The van der Waals surface area contributed by atoms with Crippen molar-refractivity contribution < 1.29 is 0 Å². The molecule has 0 fully saturated rings. The normalized spacial score (nSPS) is 14.3. The Hall–Kier alpha value is -1.33. The van der Waals surface area contributed by atoms with E-state index in [4.69, 9.17) is 12.2 Å². The minimum Gasteiger partial charge on any atom is -0.341 e. The Bertz CT molecular complexity index is 576. The van der Waals surface area contributed by atoms with Gasteiger partial charge in [0.1, 0.15) is 4.32 Å². The molecule has 1 aromatic carbocycles. The Morgan fingerprint density at radius 2 is 2.35 bits per heavy atom. The van der Waals surface area contributed by atoms with Crippen molar-refractivity contribution in [2.45, 2.75) is 12.7 Å². The average Bonchev–Trinajstić information content (AvgIpc) is 2.83. The topological polar surface area (TPSA) is 29.9 Å².